The summed E-state index contributed by atoms with van der Waals surface area (Å²) in [4.78, 5) is 16.4. The summed E-state index contributed by atoms with van der Waals surface area (Å²) in [5.41, 5.74) is 7.53. The van der Waals surface area contributed by atoms with E-state index in [0.29, 0.717) is 17.5 Å². The molecule has 0 aliphatic heterocycles. The predicted octanol–water partition coefficient (Wildman–Crippen LogP) is 15.2. The maximum Gasteiger partial charge on any atom is 0.165 e. The van der Waals surface area contributed by atoms with Crippen LogP contribution in [0.15, 0.2) is 200 Å². The van der Waals surface area contributed by atoms with Crippen LogP contribution >= 0.6 is 11.3 Å². The average molecular weight is 768 g/mol. The summed E-state index contributed by atoms with van der Waals surface area (Å²) in [7, 11) is 0. The van der Waals surface area contributed by atoms with Gasteiger partial charge in [0.15, 0.2) is 17.5 Å². The molecule has 59 heavy (non-hydrogen) atoms. The molecule has 10 aromatic carbocycles. The average Bonchev–Trinajstić information content (AvgIpc) is 3.70. The van der Waals surface area contributed by atoms with E-state index < -0.39 is 0 Å². The molecule has 12 aromatic rings. The van der Waals surface area contributed by atoms with Crippen LogP contribution in [0.25, 0.3) is 120 Å². The van der Waals surface area contributed by atoms with E-state index in [0.717, 1.165) is 49.4 Å². The van der Waals surface area contributed by atoms with Crippen molar-refractivity contribution < 1.29 is 0 Å². The van der Waals surface area contributed by atoms with Crippen LogP contribution in [0.3, 0.4) is 0 Å². The Kier molecular flexibility index (Phi) is 7.72. The fourth-order valence-electron chi connectivity index (χ4n) is 9.03. The zero-order valence-electron chi connectivity index (χ0n) is 31.8. The third-order valence-corrected chi connectivity index (χ3v) is 13.0. The number of aromatic nitrogens is 3. The van der Waals surface area contributed by atoms with E-state index >= 15 is 0 Å². The number of hydrogen-bond acceptors (Lipinski definition) is 4. The summed E-state index contributed by atoms with van der Waals surface area (Å²) in [6.07, 6.45) is 0. The van der Waals surface area contributed by atoms with Gasteiger partial charge in [-0.1, -0.05) is 176 Å². The second kappa shape index (κ2) is 13.6. The minimum atomic E-state index is 0.640. The van der Waals surface area contributed by atoms with Crippen molar-refractivity contribution in [2.24, 2.45) is 0 Å². The number of thiophene rings is 1. The molecule has 0 amide bonds. The molecule has 3 nitrogen and oxygen atoms in total. The quantitative estimate of drug-likeness (QED) is 0.164. The van der Waals surface area contributed by atoms with Crippen LogP contribution in [-0.4, -0.2) is 15.0 Å². The SMILES string of the molecule is c1ccc(-c2ccc3ccccc3c2-c2nc(-c3ccc(-c4cc5ccccc5c5ccccc45)c4ccccc34)nc(-c3cccc4c3sc3ccccc34)n2)cc1. The van der Waals surface area contributed by atoms with Crippen molar-refractivity contribution in [3.05, 3.63) is 200 Å². The van der Waals surface area contributed by atoms with Gasteiger partial charge in [-0.25, -0.2) is 15.0 Å². The molecule has 4 heteroatoms. The van der Waals surface area contributed by atoms with Crippen molar-refractivity contribution in [3.8, 4) is 56.4 Å². The lowest BCUT2D eigenvalue weighted by Gasteiger charge is -2.17. The minimum Gasteiger partial charge on any atom is -0.208 e. The van der Waals surface area contributed by atoms with Crippen LogP contribution in [0.4, 0.5) is 0 Å². The maximum atomic E-state index is 5.48. The first-order valence-corrected chi connectivity index (χ1v) is 20.8. The van der Waals surface area contributed by atoms with Gasteiger partial charge in [-0.3, -0.25) is 0 Å². The van der Waals surface area contributed by atoms with Gasteiger partial charge in [0.1, 0.15) is 0 Å². The van der Waals surface area contributed by atoms with Crippen molar-refractivity contribution >= 4 is 74.6 Å². The third-order valence-electron chi connectivity index (χ3n) is 11.7. The predicted molar refractivity (Wildman–Crippen MR) is 250 cm³/mol. The Balaban J connectivity index is 1.15. The molecule has 274 valence electrons. The second-order valence-electron chi connectivity index (χ2n) is 15.1. The van der Waals surface area contributed by atoms with E-state index in [4.69, 9.17) is 15.0 Å². The Labute approximate surface area is 344 Å². The summed E-state index contributed by atoms with van der Waals surface area (Å²) in [5.74, 6) is 1.94. The van der Waals surface area contributed by atoms with Gasteiger partial charge in [-0.05, 0) is 89.6 Å². The van der Waals surface area contributed by atoms with E-state index in [-0.39, 0.29) is 0 Å². The van der Waals surface area contributed by atoms with E-state index in [9.17, 15) is 0 Å². The van der Waals surface area contributed by atoms with Gasteiger partial charge in [0.2, 0.25) is 0 Å². The molecule has 0 unspecified atom stereocenters. The van der Waals surface area contributed by atoms with Crippen LogP contribution in [0.1, 0.15) is 0 Å². The van der Waals surface area contributed by atoms with Gasteiger partial charge in [0, 0.05) is 36.9 Å². The Morgan fingerprint density at radius 1 is 0.288 bits per heavy atom. The van der Waals surface area contributed by atoms with Gasteiger partial charge in [0.25, 0.3) is 0 Å². The van der Waals surface area contributed by atoms with Gasteiger partial charge >= 0.3 is 0 Å². The zero-order chi connectivity index (χ0) is 38.9. The lowest BCUT2D eigenvalue weighted by atomic mass is 9.89. The summed E-state index contributed by atoms with van der Waals surface area (Å²) < 4.78 is 2.41. The molecule has 0 saturated heterocycles. The fraction of sp³-hybridized carbons (Fsp3) is 0. The summed E-state index contributed by atoms with van der Waals surface area (Å²) >= 11 is 1.79. The highest BCUT2D eigenvalue weighted by Gasteiger charge is 2.22. The van der Waals surface area contributed by atoms with Gasteiger partial charge in [-0.2, -0.15) is 0 Å². The van der Waals surface area contributed by atoms with E-state index in [1.807, 2.05) is 0 Å². The van der Waals surface area contributed by atoms with Crippen LogP contribution in [0.5, 0.6) is 0 Å². The van der Waals surface area contributed by atoms with Crippen molar-refractivity contribution in [2.45, 2.75) is 0 Å². The van der Waals surface area contributed by atoms with Gasteiger partial charge in [0.05, 0.1) is 0 Å². The summed E-state index contributed by atoms with van der Waals surface area (Å²) in [6, 6.07) is 71.6. The fourth-order valence-corrected chi connectivity index (χ4v) is 10.2. The van der Waals surface area contributed by atoms with Crippen LogP contribution in [0, 0.1) is 0 Å². The molecule has 12 rings (SSSR count). The second-order valence-corrected chi connectivity index (χ2v) is 16.1. The number of fused-ring (bicyclic) bond motifs is 8. The summed E-state index contributed by atoms with van der Waals surface area (Å²) in [6.45, 7) is 0. The molecule has 2 aromatic heterocycles. The Morgan fingerprint density at radius 2 is 0.831 bits per heavy atom. The monoisotopic (exact) mass is 767 g/mol. The van der Waals surface area contributed by atoms with Crippen molar-refractivity contribution in [2.75, 3.05) is 0 Å². The Bertz CT molecular complexity index is 3620. The molecular weight excluding hydrogens is 735 g/mol. The summed E-state index contributed by atoms with van der Waals surface area (Å²) in [5, 5.41) is 11.9. The highest BCUT2D eigenvalue weighted by Crippen LogP contribution is 2.44. The Hall–Kier alpha value is -7.53. The Morgan fingerprint density at radius 3 is 1.63 bits per heavy atom. The topological polar surface area (TPSA) is 38.7 Å². The van der Waals surface area contributed by atoms with Crippen molar-refractivity contribution in [3.63, 3.8) is 0 Å². The zero-order valence-corrected chi connectivity index (χ0v) is 32.6. The highest BCUT2D eigenvalue weighted by atomic mass is 32.1. The highest BCUT2D eigenvalue weighted by molar-refractivity contribution is 7.26. The third kappa shape index (κ3) is 5.45. The van der Waals surface area contributed by atoms with E-state index in [1.54, 1.807) is 11.3 Å². The lowest BCUT2D eigenvalue weighted by Crippen LogP contribution is -2.02. The first kappa shape index (κ1) is 33.6. The number of hydrogen-bond donors (Lipinski definition) is 0. The molecule has 0 atom stereocenters. The minimum absolute atomic E-state index is 0.640. The molecule has 2 heterocycles. The molecule has 0 saturated carbocycles. The van der Waals surface area contributed by atoms with E-state index in [1.165, 1.54) is 52.8 Å². The van der Waals surface area contributed by atoms with E-state index in [2.05, 4.69) is 200 Å². The molecule has 0 spiro atoms. The molecule has 0 fully saturated rings. The van der Waals surface area contributed by atoms with Gasteiger partial charge in [-0.15, -0.1) is 11.3 Å². The molecule has 0 aliphatic carbocycles. The van der Waals surface area contributed by atoms with Crippen molar-refractivity contribution in [1.82, 2.24) is 15.0 Å². The molecule has 0 N–H and O–H groups in total. The van der Waals surface area contributed by atoms with Gasteiger partial charge < -0.3 is 0 Å². The molecular formula is C55H33N3S. The number of nitrogens with zero attached hydrogens (tertiary/aromatic N) is 3. The van der Waals surface area contributed by atoms with Crippen LogP contribution in [0.2, 0.25) is 0 Å². The smallest absolute Gasteiger partial charge is 0.165 e. The standard InChI is InChI=1S/C55H33N3S/c1-2-15-34(16-3-1)39-30-29-35-17-4-7-20-38(35)51(39)55-57-53(56-54(58-55)48-27-14-26-46-45-25-12-13-28-50(45)59-52(46)48)47-32-31-44(41-22-9-10-23-42(41)47)49-33-36-18-5-6-19-37(36)40-21-8-11-24-43(40)49/h1-33H. The maximum absolute atomic E-state index is 5.48. The number of benzene rings is 10. The normalized spacial score (nSPS) is 11.7. The first-order valence-electron chi connectivity index (χ1n) is 19.9. The molecule has 0 radical (unpaired) electrons. The largest absolute Gasteiger partial charge is 0.208 e. The number of rotatable bonds is 5. The van der Waals surface area contributed by atoms with Crippen molar-refractivity contribution in [1.29, 1.82) is 0 Å². The van der Waals surface area contributed by atoms with Crippen LogP contribution in [-0.2, 0) is 0 Å². The lowest BCUT2D eigenvalue weighted by molar-refractivity contribution is 1.08. The van der Waals surface area contributed by atoms with Crippen LogP contribution < -0.4 is 0 Å². The molecule has 0 aliphatic rings. The molecule has 0 bridgehead atoms. The first-order chi connectivity index (χ1) is 29.3.